The van der Waals surface area contributed by atoms with Crippen LogP contribution in [0.2, 0.25) is 0 Å². The molecule has 1 saturated heterocycles. The largest absolute Gasteiger partial charge is 0.465 e. The maximum absolute atomic E-state index is 12.1. The third-order valence-electron chi connectivity index (χ3n) is 3.89. The number of anilines is 2. The molecule has 0 spiro atoms. The van der Waals surface area contributed by atoms with E-state index in [4.69, 9.17) is 9.47 Å². The van der Waals surface area contributed by atoms with E-state index in [0.717, 1.165) is 31.7 Å². The van der Waals surface area contributed by atoms with Crippen molar-refractivity contribution >= 4 is 23.3 Å². The Kier molecular flexibility index (Phi) is 7.02. The molecule has 1 amide bonds. The molecular formula is C17H25N3O4. The standard InChI is InChI=1S/C17H25N3O4/c1-18-7-3-4-16(21)19-15-6-5-13(12-14(15)17(22)23-2)20-8-10-24-11-9-20/h5-6,12,18H,3-4,7-11H2,1-2H3,(H,19,21). The van der Waals surface area contributed by atoms with Crippen molar-refractivity contribution in [3.05, 3.63) is 23.8 Å². The minimum atomic E-state index is -0.462. The number of hydrogen-bond donors (Lipinski definition) is 2. The topological polar surface area (TPSA) is 79.9 Å². The molecule has 1 aliphatic rings. The predicted octanol–water partition coefficient (Wildman–Crippen LogP) is 1.25. The first-order valence-corrected chi connectivity index (χ1v) is 8.15. The molecule has 0 unspecified atom stereocenters. The van der Waals surface area contributed by atoms with E-state index in [1.165, 1.54) is 7.11 Å². The van der Waals surface area contributed by atoms with Crippen molar-refractivity contribution in [2.45, 2.75) is 12.8 Å². The Morgan fingerprint density at radius 2 is 2.04 bits per heavy atom. The summed E-state index contributed by atoms with van der Waals surface area (Å²) in [6.45, 7) is 3.65. The first kappa shape index (κ1) is 18.2. The highest BCUT2D eigenvalue weighted by Crippen LogP contribution is 2.25. The van der Waals surface area contributed by atoms with Gasteiger partial charge in [0, 0.05) is 25.2 Å². The summed E-state index contributed by atoms with van der Waals surface area (Å²) in [4.78, 5) is 26.3. The highest BCUT2D eigenvalue weighted by atomic mass is 16.5. The monoisotopic (exact) mass is 335 g/mol. The molecule has 1 heterocycles. The number of esters is 1. The third kappa shape index (κ3) is 4.94. The van der Waals surface area contributed by atoms with Crippen molar-refractivity contribution in [2.24, 2.45) is 0 Å². The number of nitrogens with one attached hydrogen (secondary N) is 2. The van der Waals surface area contributed by atoms with E-state index in [1.54, 1.807) is 12.1 Å². The second-order valence-electron chi connectivity index (χ2n) is 5.58. The first-order chi connectivity index (χ1) is 11.7. The number of amides is 1. The summed E-state index contributed by atoms with van der Waals surface area (Å²) in [6, 6.07) is 5.42. The molecule has 132 valence electrons. The van der Waals surface area contributed by atoms with Crippen molar-refractivity contribution < 1.29 is 19.1 Å². The normalized spacial score (nSPS) is 14.3. The van der Waals surface area contributed by atoms with Gasteiger partial charge in [-0.1, -0.05) is 0 Å². The van der Waals surface area contributed by atoms with Crippen LogP contribution in [-0.4, -0.2) is 58.9 Å². The fraction of sp³-hybridized carbons (Fsp3) is 0.529. The van der Waals surface area contributed by atoms with Gasteiger partial charge in [0.25, 0.3) is 0 Å². The van der Waals surface area contributed by atoms with Gasteiger partial charge in [0.2, 0.25) is 5.91 Å². The lowest BCUT2D eigenvalue weighted by molar-refractivity contribution is -0.116. The van der Waals surface area contributed by atoms with Crippen LogP contribution in [0.3, 0.4) is 0 Å². The van der Waals surface area contributed by atoms with Crippen LogP contribution in [0.15, 0.2) is 18.2 Å². The van der Waals surface area contributed by atoms with E-state index in [2.05, 4.69) is 15.5 Å². The molecule has 1 aromatic rings. The van der Waals surface area contributed by atoms with E-state index >= 15 is 0 Å². The minimum Gasteiger partial charge on any atom is -0.465 e. The van der Waals surface area contributed by atoms with Crippen molar-refractivity contribution in [1.82, 2.24) is 5.32 Å². The van der Waals surface area contributed by atoms with Crippen LogP contribution in [0.5, 0.6) is 0 Å². The third-order valence-corrected chi connectivity index (χ3v) is 3.89. The number of rotatable bonds is 7. The molecule has 0 radical (unpaired) electrons. The molecule has 7 heteroatoms. The minimum absolute atomic E-state index is 0.116. The lowest BCUT2D eigenvalue weighted by Crippen LogP contribution is -2.36. The molecule has 2 rings (SSSR count). The predicted molar refractivity (Wildman–Crippen MR) is 92.6 cm³/mol. The van der Waals surface area contributed by atoms with Gasteiger partial charge in [0.15, 0.2) is 0 Å². The maximum atomic E-state index is 12.1. The summed E-state index contributed by atoms with van der Waals surface area (Å²) < 4.78 is 10.2. The van der Waals surface area contributed by atoms with Crippen LogP contribution >= 0.6 is 0 Å². The fourth-order valence-electron chi connectivity index (χ4n) is 2.58. The summed E-state index contributed by atoms with van der Waals surface area (Å²) >= 11 is 0. The van der Waals surface area contributed by atoms with Crippen molar-refractivity contribution in [3.8, 4) is 0 Å². The number of hydrogen-bond acceptors (Lipinski definition) is 6. The molecule has 0 aromatic heterocycles. The van der Waals surface area contributed by atoms with Gasteiger partial charge >= 0.3 is 5.97 Å². The highest BCUT2D eigenvalue weighted by Gasteiger charge is 2.18. The molecule has 1 aliphatic heterocycles. The lowest BCUT2D eigenvalue weighted by atomic mass is 10.1. The zero-order valence-corrected chi connectivity index (χ0v) is 14.3. The Morgan fingerprint density at radius 1 is 1.29 bits per heavy atom. The summed E-state index contributed by atoms with van der Waals surface area (Å²) in [6.07, 6.45) is 1.13. The Labute approximate surface area is 142 Å². The number of morpholine rings is 1. The smallest absolute Gasteiger partial charge is 0.340 e. The quantitative estimate of drug-likeness (QED) is 0.577. The van der Waals surface area contributed by atoms with E-state index < -0.39 is 5.97 Å². The molecule has 0 atom stereocenters. The average Bonchev–Trinajstić information content (AvgIpc) is 2.62. The number of carbonyl (C=O) groups is 2. The zero-order chi connectivity index (χ0) is 17.4. The molecule has 1 aromatic carbocycles. The second-order valence-corrected chi connectivity index (χ2v) is 5.58. The Balaban J connectivity index is 2.14. The molecule has 1 fully saturated rings. The van der Waals surface area contributed by atoms with Crippen LogP contribution in [-0.2, 0) is 14.3 Å². The van der Waals surface area contributed by atoms with Gasteiger partial charge in [-0.3, -0.25) is 4.79 Å². The van der Waals surface area contributed by atoms with Crippen LogP contribution in [0.25, 0.3) is 0 Å². The van der Waals surface area contributed by atoms with Crippen LogP contribution in [0.1, 0.15) is 23.2 Å². The molecular weight excluding hydrogens is 310 g/mol. The lowest BCUT2D eigenvalue weighted by Gasteiger charge is -2.29. The molecule has 24 heavy (non-hydrogen) atoms. The van der Waals surface area contributed by atoms with Gasteiger partial charge in [0.05, 0.1) is 31.6 Å². The van der Waals surface area contributed by atoms with Crippen LogP contribution in [0, 0.1) is 0 Å². The van der Waals surface area contributed by atoms with Gasteiger partial charge in [-0.05, 0) is 38.2 Å². The number of benzene rings is 1. The summed E-state index contributed by atoms with van der Waals surface area (Å²) in [5.41, 5.74) is 1.77. The van der Waals surface area contributed by atoms with E-state index in [9.17, 15) is 9.59 Å². The highest BCUT2D eigenvalue weighted by molar-refractivity contribution is 6.02. The zero-order valence-electron chi connectivity index (χ0n) is 14.3. The average molecular weight is 335 g/mol. The van der Waals surface area contributed by atoms with Crippen molar-refractivity contribution in [1.29, 1.82) is 0 Å². The molecule has 7 nitrogen and oxygen atoms in total. The first-order valence-electron chi connectivity index (χ1n) is 8.15. The summed E-state index contributed by atoms with van der Waals surface area (Å²) in [5.74, 6) is -0.579. The van der Waals surface area contributed by atoms with Gasteiger partial charge in [-0.25, -0.2) is 4.79 Å². The fourth-order valence-corrected chi connectivity index (χ4v) is 2.58. The Bertz CT molecular complexity index is 571. The van der Waals surface area contributed by atoms with Crippen LogP contribution < -0.4 is 15.5 Å². The second kappa shape index (κ2) is 9.24. The van der Waals surface area contributed by atoms with Gasteiger partial charge in [0.1, 0.15) is 0 Å². The van der Waals surface area contributed by atoms with Crippen molar-refractivity contribution in [2.75, 3.05) is 57.2 Å². The van der Waals surface area contributed by atoms with Crippen LogP contribution in [0.4, 0.5) is 11.4 Å². The van der Waals surface area contributed by atoms with E-state index in [-0.39, 0.29) is 5.91 Å². The van der Waals surface area contributed by atoms with Gasteiger partial charge < -0.3 is 25.0 Å². The number of carbonyl (C=O) groups excluding carboxylic acids is 2. The SMILES string of the molecule is CNCCCC(=O)Nc1ccc(N2CCOCC2)cc1C(=O)OC. The molecule has 0 saturated carbocycles. The van der Waals surface area contributed by atoms with Gasteiger partial charge in [-0.15, -0.1) is 0 Å². The number of methoxy groups -OCH3 is 1. The van der Waals surface area contributed by atoms with E-state index in [0.29, 0.717) is 30.9 Å². The van der Waals surface area contributed by atoms with Gasteiger partial charge in [-0.2, -0.15) is 0 Å². The number of nitrogens with zero attached hydrogens (tertiary/aromatic N) is 1. The summed E-state index contributed by atoms with van der Waals surface area (Å²) in [7, 11) is 3.18. The van der Waals surface area contributed by atoms with E-state index in [1.807, 2.05) is 13.1 Å². The molecule has 0 aliphatic carbocycles. The molecule has 2 N–H and O–H groups in total. The summed E-state index contributed by atoms with van der Waals surface area (Å²) in [5, 5.41) is 5.80. The number of ether oxygens (including phenoxy) is 2. The van der Waals surface area contributed by atoms with Crippen molar-refractivity contribution in [3.63, 3.8) is 0 Å². The maximum Gasteiger partial charge on any atom is 0.340 e. The Morgan fingerprint density at radius 3 is 2.71 bits per heavy atom. The Hall–Kier alpha value is -2.12. The molecule has 0 bridgehead atoms.